The number of anilines is 1. The average Bonchev–Trinajstić information content (AvgIpc) is 2.87. The summed E-state index contributed by atoms with van der Waals surface area (Å²) in [6, 6.07) is 4.90. The number of rotatable bonds is 6. The van der Waals surface area contributed by atoms with Crippen LogP contribution in [-0.4, -0.2) is 38.9 Å². The molecule has 0 aliphatic carbocycles. The highest BCUT2D eigenvalue weighted by Crippen LogP contribution is 2.21. The fourth-order valence-corrected chi connectivity index (χ4v) is 2.15. The Morgan fingerprint density at radius 2 is 2.29 bits per heavy atom. The summed E-state index contributed by atoms with van der Waals surface area (Å²) in [6.07, 6.45) is 1.48. The molecule has 2 aromatic rings. The third-order valence-corrected chi connectivity index (χ3v) is 3.28. The Balaban J connectivity index is 2.00. The first-order valence-electron chi connectivity index (χ1n) is 6.33. The van der Waals surface area contributed by atoms with E-state index in [4.69, 9.17) is 4.74 Å². The Hall–Kier alpha value is -2.22. The van der Waals surface area contributed by atoms with Gasteiger partial charge in [0.15, 0.2) is 0 Å². The average molecular weight is 307 g/mol. The predicted octanol–water partition coefficient (Wildman–Crippen LogP) is 2.47. The fraction of sp³-hybridized carbons (Fsp3) is 0.308. The van der Waals surface area contributed by atoms with E-state index in [-0.39, 0.29) is 5.75 Å². The molecular weight excluding hydrogens is 290 g/mol. The molecule has 2 rings (SSSR count). The second-order valence-electron chi connectivity index (χ2n) is 4.43. The summed E-state index contributed by atoms with van der Waals surface area (Å²) in [6.45, 7) is 4.13. The Morgan fingerprint density at radius 3 is 3.00 bits per heavy atom. The zero-order valence-electron chi connectivity index (χ0n) is 12.0. The van der Waals surface area contributed by atoms with Gasteiger partial charge < -0.3 is 9.84 Å². The van der Waals surface area contributed by atoms with Gasteiger partial charge in [0.25, 0.3) is 0 Å². The number of H-pyrrole nitrogens is 1. The number of ether oxygens (including phenoxy) is 1. The van der Waals surface area contributed by atoms with E-state index in [9.17, 15) is 5.11 Å². The number of aromatic nitrogens is 3. The van der Waals surface area contributed by atoms with Crippen molar-refractivity contribution < 1.29 is 9.84 Å². The molecule has 0 unspecified atom stereocenters. The molecule has 0 atom stereocenters. The van der Waals surface area contributed by atoms with E-state index < -0.39 is 0 Å². The van der Waals surface area contributed by atoms with Gasteiger partial charge >= 0.3 is 0 Å². The SMILES string of the molecule is COc1ccc(O)c(/C=N\Nc2nc(SC(C)C)n[nH]2)c1. The van der Waals surface area contributed by atoms with Crippen LogP contribution in [0.2, 0.25) is 0 Å². The number of phenols is 1. The standard InChI is InChI=1S/C13H17N5O2S/c1-8(2)21-13-15-12(17-18-13)16-14-7-9-6-10(20-3)4-5-11(9)19/h4-8,19H,1-3H3,(H2,15,16,17,18)/b14-7-. The number of hydrogen-bond acceptors (Lipinski definition) is 7. The summed E-state index contributed by atoms with van der Waals surface area (Å²) in [5, 5.41) is 21.6. The Morgan fingerprint density at radius 1 is 1.48 bits per heavy atom. The number of benzene rings is 1. The molecule has 7 nitrogen and oxygen atoms in total. The van der Waals surface area contributed by atoms with Crippen LogP contribution in [0.25, 0.3) is 0 Å². The van der Waals surface area contributed by atoms with Gasteiger partial charge in [-0.2, -0.15) is 10.1 Å². The summed E-state index contributed by atoms with van der Waals surface area (Å²) in [5.74, 6) is 1.20. The van der Waals surface area contributed by atoms with E-state index in [2.05, 4.69) is 39.6 Å². The van der Waals surface area contributed by atoms with Crippen LogP contribution in [0.4, 0.5) is 5.95 Å². The van der Waals surface area contributed by atoms with Gasteiger partial charge in [0.1, 0.15) is 11.5 Å². The molecule has 0 amide bonds. The van der Waals surface area contributed by atoms with E-state index in [1.54, 1.807) is 37.1 Å². The fourth-order valence-electron chi connectivity index (χ4n) is 1.49. The number of methoxy groups -OCH3 is 1. The van der Waals surface area contributed by atoms with Crippen molar-refractivity contribution in [2.45, 2.75) is 24.3 Å². The second-order valence-corrected chi connectivity index (χ2v) is 5.97. The minimum absolute atomic E-state index is 0.120. The van der Waals surface area contributed by atoms with Gasteiger partial charge in [-0.25, -0.2) is 10.5 Å². The van der Waals surface area contributed by atoms with Crippen molar-refractivity contribution in [2.24, 2.45) is 5.10 Å². The van der Waals surface area contributed by atoms with Gasteiger partial charge in [0.2, 0.25) is 11.1 Å². The number of hydrazone groups is 1. The summed E-state index contributed by atoms with van der Waals surface area (Å²) in [7, 11) is 1.56. The van der Waals surface area contributed by atoms with Crippen molar-refractivity contribution in [3.63, 3.8) is 0 Å². The van der Waals surface area contributed by atoms with Crippen molar-refractivity contribution in [3.8, 4) is 11.5 Å². The maximum atomic E-state index is 9.72. The molecule has 0 saturated heterocycles. The van der Waals surface area contributed by atoms with E-state index in [1.165, 1.54) is 6.21 Å². The van der Waals surface area contributed by atoms with Gasteiger partial charge in [0, 0.05) is 10.8 Å². The van der Waals surface area contributed by atoms with Crippen LogP contribution in [0.3, 0.4) is 0 Å². The highest BCUT2D eigenvalue weighted by Gasteiger charge is 2.05. The monoisotopic (exact) mass is 307 g/mol. The van der Waals surface area contributed by atoms with Gasteiger partial charge in [-0.15, -0.1) is 5.10 Å². The highest BCUT2D eigenvalue weighted by molar-refractivity contribution is 7.99. The molecule has 1 aromatic carbocycles. The summed E-state index contributed by atoms with van der Waals surface area (Å²) in [4.78, 5) is 4.22. The number of aromatic hydroxyl groups is 1. The molecule has 0 aliphatic heterocycles. The third kappa shape index (κ3) is 4.38. The van der Waals surface area contributed by atoms with Crippen molar-refractivity contribution in [1.29, 1.82) is 0 Å². The van der Waals surface area contributed by atoms with E-state index in [0.717, 1.165) is 0 Å². The lowest BCUT2D eigenvalue weighted by atomic mass is 10.2. The first kappa shape index (κ1) is 15.2. The van der Waals surface area contributed by atoms with Crippen molar-refractivity contribution in [3.05, 3.63) is 23.8 Å². The van der Waals surface area contributed by atoms with Crippen LogP contribution in [0.15, 0.2) is 28.5 Å². The first-order valence-corrected chi connectivity index (χ1v) is 7.21. The van der Waals surface area contributed by atoms with E-state index >= 15 is 0 Å². The smallest absolute Gasteiger partial charge is 0.240 e. The van der Waals surface area contributed by atoms with Gasteiger partial charge in [-0.1, -0.05) is 25.6 Å². The van der Waals surface area contributed by atoms with Crippen LogP contribution in [0, 0.1) is 0 Å². The van der Waals surface area contributed by atoms with Crippen LogP contribution in [0.1, 0.15) is 19.4 Å². The molecule has 0 fully saturated rings. The molecule has 21 heavy (non-hydrogen) atoms. The molecule has 8 heteroatoms. The summed E-state index contributed by atoms with van der Waals surface area (Å²) >= 11 is 1.55. The van der Waals surface area contributed by atoms with Crippen LogP contribution >= 0.6 is 11.8 Å². The maximum Gasteiger partial charge on any atom is 0.240 e. The number of nitrogens with zero attached hydrogens (tertiary/aromatic N) is 3. The largest absolute Gasteiger partial charge is 0.507 e. The summed E-state index contributed by atoms with van der Waals surface area (Å²) in [5.41, 5.74) is 3.27. The lowest BCUT2D eigenvalue weighted by Gasteiger charge is -2.02. The van der Waals surface area contributed by atoms with Gasteiger partial charge in [-0.05, 0) is 18.2 Å². The topological polar surface area (TPSA) is 95.4 Å². The third-order valence-electron chi connectivity index (χ3n) is 2.41. The van der Waals surface area contributed by atoms with Gasteiger partial charge in [-0.3, -0.25) is 0 Å². The first-order chi connectivity index (χ1) is 10.1. The normalized spacial score (nSPS) is 11.2. The number of nitrogens with one attached hydrogen (secondary N) is 2. The summed E-state index contributed by atoms with van der Waals surface area (Å²) < 4.78 is 5.09. The zero-order chi connectivity index (χ0) is 15.2. The predicted molar refractivity (Wildman–Crippen MR) is 83.3 cm³/mol. The van der Waals surface area contributed by atoms with Crippen molar-refractivity contribution >= 4 is 23.9 Å². The molecule has 0 bridgehead atoms. The number of hydrogen-bond donors (Lipinski definition) is 3. The maximum absolute atomic E-state index is 9.72. The molecule has 1 aromatic heterocycles. The molecule has 0 spiro atoms. The molecule has 112 valence electrons. The second kappa shape index (κ2) is 6.98. The van der Waals surface area contributed by atoms with Crippen molar-refractivity contribution in [2.75, 3.05) is 12.5 Å². The Kier molecular flexibility index (Phi) is 5.04. The Bertz CT molecular complexity index is 627. The number of thioether (sulfide) groups is 1. The molecule has 0 aliphatic rings. The lowest BCUT2D eigenvalue weighted by Crippen LogP contribution is -1.94. The molecule has 0 radical (unpaired) electrons. The molecular formula is C13H17N5O2S. The minimum atomic E-state index is 0.120. The van der Waals surface area contributed by atoms with Crippen LogP contribution < -0.4 is 10.2 Å². The minimum Gasteiger partial charge on any atom is -0.507 e. The number of aromatic amines is 1. The molecule has 0 saturated carbocycles. The van der Waals surface area contributed by atoms with E-state index in [1.807, 2.05) is 0 Å². The highest BCUT2D eigenvalue weighted by atomic mass is 32.2. The van der Waals surface area contributed by atoms with Gasteiger partial charge in [0.05, 0.1) is 13.3 Å². The van der Waals surface area contributed by atoms with E-state index in [0.29, 0.717) is 27.7 Å². The number of phenolic OH excluding ortho intramolecular Hbond substituents is 1. The Labute approximate surface area is 126 Å². The lowest BCUT2D eigenvalue weighted by molar-refractivity contribution is 0.412. The molecule has 1 heterocycles. The zero-order valence-corrected chi connectivity index (χ0v) is 12.8. The van der Waals surface area contributed by atoms with Crippen molar-refractivity contribution in [1.82, 2.24) is 15.2 Å². The van der Waals surface area contributed by atoms with Crippen LogP contribution in [-0.2, 0) is 0 Å². The van der Waals surface area contributed by atoms with Crippen LogP contribution in [0.5, 0.6) is 11.5 Å². The molecule has 3 N–H and O–H groups in total. The quantitative estimate of drug-likeness (QED) is 0.431.